The van der Waals surface area contributed by atoms with Crippen LogP contribution >= 0.6 is 11.6 Å². The van der Waals surface area contributed by atoms with E-state index in [0.29, 0.717) is 27.4 Å². The van der Waals surface area contributed by atoms with E-state index >= 15 is 4.39 Å². The van der Waals surface area contributed by atoms with Crippen molar-refractivity contribution in [2.75, 3.05) is 13.2 Å². The molecule has 226 valence electrons. The maximum absolute atomic E-state index is 16.8. The second kappa shape index (κ2) is 11.1. The molecule has 1 aliphatic heterocycles. The molecule has 2 heterocycles. The third kappa shape index (κ3) is 4.88. The summed E-state index contributed by atoms with van der Waals surface area (Å²) >= 11 is 6.26. The molecule has 1 aromatic heterocycles. The summed E-state index contributed by atoms with van der Waals surface area (Å²) < 4.78 is 25.2. The fourth-order valence-corrected chi connectivity index (χ4v) is 6.11. The van der Waals surface area contributed by atoms with Crippen LogP contribution in [0.15, 0.2) is 73.2 Å². The summed E-state index contributed by atoms with van der Waals surface area (Å²) in [6.45, 7) is 1.77. The fourth-order valence-electron chi connectivity index (χ4n) is 5.98. The molecule has 4 aromatic rings. The van der Waals surface area contributed by atoms with Crippen molar-refractivity contribution in [3.05, 3.63) is 123 Å². The van der Waals surface area contributed by atoms with Crippen molar-refractivity contribution in [3.63, 3.8) is 0 Å². The Morgan fingerprint density at radius 1 is 1.16 bits per heavy atom. The topological polar surface area (TPSA) is 112 Å². The molecule has 0 saturated heterocycles. The van der Waals surface area contributed by atoms with Gasteiger partial charge in [0.1, 0.15) is 11.4 Å². The van der Waals surface area contributed by atoms with Gasteiger partial charge in [0, 0.05) is 35.8 Å². The molecule has 2 N–H and O–H groups in total. The number of benzene rings is 3. The van der Waals surface area contributed by atoms with E-state index in [1.54, 1.807) is 79.6 Å². The molecule has 1 fully saturated rings. The molecule has 8 nitrogen and oxygen atoms in total. The lowest BCUT2D eigenvalue weighted by Gasteiger charge is -2.40. The molecule has 0 spiro atoms. The van der Waals surface area contributed by atoms with Crippen molar-refractivity contribution in [3.8, 4) is 6.07 Å². The normalized spacial score (nSPS) is 19.8. The third-order valence-corrected chi connectivity index (χ3v) is 9.19. The van der Waals surface area contributed by atoms with Crippen LogP contribution in [0.4, 0.5) is 4.39 Å². The van der Waals surface area contributed by atoms with E-state index in [1.807, 2.05) is 0 Å². The predicted molar refractivity (Wildman–Crippen MR) is 161 cm³/mol. The average Bonchev–Trinajstić information content (AvgIpc) is 3.62. The maximum Gasteiger partial charge on any atom is 0.257 e. The molecule has 0 bridgehead atoms. The van der Waals surface area contributed by atoms with E-state index in [-0.39, 0.29) is 42.9 Å². The molecule has 3 aromatic carbocycles. The highest BCUT2D eigenvalue weighted by Crippen LogP contribution is 2.52. The second-order valence-corrected chi connectivity index (χ2v) is 12.3. The quantitative estimate of drug-likeness (QED) is 0.248. The van der Waals surface area contributed by atoms with Gasteiger partial charge in [-0.2, -0.15) is 5.26 Å². The van der Waals surface area contributed by atoms with E-state index in [2.05, 4.69) is 11.1 Å². The maximum atomic E-state index is 16.8. The number of aromatic nitrogens is 2. The Morgan fingerprint density at radius 2 is 1.86 bits per heavy atom. The molecule has 1 saturated carbocycles. The molecule has 0 unspecified atom stereocenters. The number of carbonyl (C=O) groups is 1. The Bertz CT molecular complexity index is 1760. The summed E-state index contributed by atoms with van der Waals surface area (Å²) in [6, 6.07) is 18.4. The van der Waals surface area contributed by atoms with E-state index in [0.717, 1.165) is 12.8 Å². The summed E-state index contributed by atoms with van der Waals surface area (Å²) in [7, 11) is 1.78. The molecule has 0 radical (unpaired) electrons. The first-order valence-corrected chi connectivity index (χ1v) is 14.8. The first-order valence-electron chi connectivity index (χ1n) is 14.5. The number of ether oxygens (including phenoxy) is 1. The lowest BCUT2D eigenvalue weighted by molar-refractivity contribution is -0.130. The highest BCUT2D eigenvalue weighted by molar-refractivity contribution is 6.30. The number of imidazole rings is 1. The van der Waals surface area contributed by atoms with Crippen LogP contribution < -0.4 is 0 Å². The van der Waals surface area contributed by atoms with Crippen LogP contribution in [0, 0.1) is 22.6 Å². The van der Waals surface area contributed by atoms with Crippen LogP contribution in [-0.4, -0.2) is 43.8 Å². The Kier molecular flexibility index (Phi) is 7.58. The van der Waals surface area contributed by atoms with Gasteiger partial charge < -0.3 is 19.5 Å². The van der Waals surface area contributed by atoms with E-state index in [9.17, 15) is 20.3 Å². The first kappa shape index (κ1) is 30.0. The van der Waals surface area contributed by atoms with Gasteiger partial charge in [0.25, 0.3) is 5.91 Å². The minimum absolute atomic E-state index is 0.0235. The minimum atomic E-state index is -1.71. The second-order valence-electron chi connectivity index (χ2n) is 11.8. The fraction of sp³-hybridized carbons (Fsp3) is 0.324. The van der Waals surface area contributed by atoms with Gasteiger partial charge in [0.05, 0.1) is 48.0 Å². The zero-order chi connectivity index (χ0) is 31.3. The Morgan fingerprint density at radius 3 is 2.43 bits per heavy atom. The van der Waals surface area contributed by atoms with E-state index in [1.165, 1.54) is 17.0 Å². The summed E-state index contributed by atoms with van der Waals surface area (Å²) in [6.07, 6.45) is 4.89. The molecule has 2 aliphatic rings. The van der Waals surface area contributed by atoms with Crippen molar-refractivity contribution >= 4 is 17.5 Å². The number of halogens is 2. The zero-order valence-electron chi connectivity index (χ0n) is 24.4. The van der Waals surface area contributed by atoms with Gasteiger partial charge in [-0.3, -0.25) is 9.69 Å². The zero-order valence-corrected chi connectivity index (χ0v) is 25.2. The number of aliphatic hydroxyl groups is 2. The lowest BCUT2D eigenvalue weighted by atomic mass is 9.84. The largest absolute Gasteiger partial charge is 0.396 e. The van der Waals surface area contributed by atoms with Gasteiger partial charge in [-0.05, 0) is 66.8 Å². The first-order chi connectivity index (χ1) is 21.1. The third-order valence-electron chi connectivity index (χ3n) is 8.94. The summed E-state index contributed by atoms with van der Waals surface area (Å²) in [5.74, 6) is -1.21. The number of hydrogen-bond donors (Lipinski definition) is 2. The van der Waals surface area contributed by atoms with Crippen molar-refractivity contribution in [2.24, 2.45) is 12.5 Å². The van der Waals surface area contributed by atoms with Crippen LogP contribution in [0.2, 0.25) is 5.02 Å². The van der Waals surface area contributed by atoms with Gasteiger partial charge >= 0.3 is 0 Å². The molecule has 44 heavy (non-hydrogen) atoms. The molecular formula is C34H32ClFN4O4. The summed E-state index contributed by atoms with van der Waals surface area (Å²) in [5, 5.41) is 31.7. The SMILES string of the molecule is CC[C@](O)(c1cc(F)c2c(c1)C(=O)N(Cc1ccc(C#N)cc1)[C@@]2(OCC1(CO)CC1)c1ccc(Cl)cc1)c1cn(C)cn1. The Hall–Kier alpha value is -4.07. The highest BCUT2D eigenvalue weighted by atomic mass is 35.5. The number of fused-ring (bicyclic) bond motifs is 1. The number of amides is 1. The average molecular weight is 615 g/mol. The van der Waals surface area contributed by atoms with Crippen molar-refractivity contribution in [2.45, 2.75) is 44.1 Å². The molecule has 1 amide bonds. The van der Waals surface area contributed by atoms with E-state index in [4.69, 9.17) is 16.3 Å². The number of rotatable bonds is 10. The van der Waals surface area contributed by atoms with Crippen molar-refractivity contribution in [1.82, 2.24) is 14.5 Å². The number of carbonyl (C=O) groups excluding carboxylic acids is 1. The smallest absolute Gasteiger partial charge is 0.257 e. The lowest BCUT2D eigenvalue weighted by Crippen LogP contribution is -2.48. The molecule has 1 aliphatic carbocycles. The molecule has 2 atom stereocenters. The van der Waals surface area contributed by atoms with Gasteiger partial charge in [-0.25, -0.2) is 9.37 Å². The monoisotopic (exact) mass is 614 g/mol. The molecular weight excluding hydrogens is 583 g/mol. The number of hydrogen-bond acceptors (Lipinski definition) is 6. The molecule has 6 rings (SSSR count). The summed E-state index contributed by atoms with van der Waals surface area (Å²) in [4.78, 5) is 20.3. The predicted octanol–water partition coefficient (Wildman–Crippen LogP) is 5.38. The van der Waals surface area contributed by atoms with Gasteiger partial charge in [-0.15, -0.1) is 0 Å². The van der Waals surface area contributed by atoms with Crippen molar-refractivity contribution < 1.29 is 24.1 Å². The Labute approximate surface area is 259 Å². The number of aliphatic hydroxyl groups excluding tert-OH is 1. The summed E-state index contributed by atoms with van der Waals surface area (Å²) in [5.41, 5.74) is -1.59. The minimum Gasteiger partial charge on any atom is -0.396 e. The Balaban J connectivity index is 1.57. The van der Waals surface area contributed by atoms with E-state index < -0.39 is 28.5 Å². The van der Waals surface area contributed by atoms with Crippen LogP contribution in [0.25, 0.3) is 0 Å². The van der Waals surface area contributed by atoms with Gasteiger partial charge in [0.2, 0.25) is 0 Å². The number of nitrogens with zero attached hydrogens (tertiary/aromatic N) is 4. The van der Waals surface area contributed by atoms with Crippen LogP contribution in [0.1, 0.15) is 70.1 Å². The standard InChI is InChI=1S/C34H32ClFN4O4/c1-3-33(43,29-18-39(2)21-38-29)25-14-27-30(28(36)15-25)34(24-8-10-26(35)11-9-24,44-20-32(19-41)12-13-32)40(31(27)42)17-23-6-4-22(16-37)5-7-23/h4-11,14-15,18,21,41,43H,3,12-13,17,19-20H2,1-2H3/t33-,34+/m0/s1. The van der Waals surface area contributed by atoms with Crippen LogP contribution in [0.5, 0.6) is 0 Å². The van der Waals surface area contributed by atoms with Crippen LogP contribution in [-0.2, 0) is 29.7 Å². The van der Waals surface area contributed by atoms with Crippen molar-refractivity contribution in [1.29, 1.82) is 5.26 Å². The van der Waals surface area contributed by atoms with Crippen LogP contribution in [0.3, 0.4) is 0 Å². The van der Waals surface area contributed by atoms with Gasteiger partial charge in [-0.1, -0.05) is 42.8 Å². The molecule has 10 heteroatoms. The van der Waals surface area contributed by atoms with Gasteiger partial charge in [0.15, 0.2) is 5.72 Å². The highest BCUT2D eigenvalue weighted by Gasteiger charge is 2.56. The number of aryl methyl sites for hydroxylation is 1. The number of nitriles is 1.